The molecule has 2 heterocycles. The first-order valence-corrected chi connectivity index (χ1v) is 4.77. The van der Waals surface area contributed by atoms with Gasteiger partial charge in [0.25, 0.3) is 0 Å². The van der Waals surface area contributed by atoms with E-state index in [1.165, 1.54) is 0 Å². The molecule has 12 heavy (non-hydrogen) atoms. The minimum atomic E-state index is -0.0821. The van der Waals surface area contributed by atoms with Gasteiger partial charge in [0, 0.05) is 19.6 Å². The minimum absolute atomic E-state index is 0.0821. The first kappa shape index (κ1) is 8.48. The number of ether oxygens (including phenoxy) is 1. The summed E-state index contributed by atoms with van der Waals surface area (Å²) < 4.78 is 5.17. The van der Waals surface area contributed by atoms with Gasteiger partial charge in [-0.1, -0.05) is 6.92 Å². The highest BCUT2D eigenvalue weighted by Crippen LogP contribution is 2.19. The summed E-state index contributed by atoms with van der Waals surface area (Å²) in [5.41, 5.74) is 0. The van der Waals surface area contributed by atoms with Gasteiger partial charge in [-0.05, 0) is 12.3 Å². The fraction of sp³-hybridized carbons (Fsp3) is 1.00. The van der Waals surface area contributed by atoms with Crippen molar-refractivity contribution in [1.29, 1.82) is 0 Å². The summed E-state index contributed by atoms with van der Waals surface area (Å²) in [6.07, 6.45) is 1.34. The number of piperidine rings is 1. The summed E-state index contributed by atoms with van der Waals surface area (Å²) in [4.78, 5) is 2.40. The molecule has 0 radical (unpaired) electrons. The fourth-order valence-electron chi connectivity index (χ4n) is 1.85. The van der Waals surface area contributed by atoms with Crippen molar-refractivity contribution >= 4 is 0 Å². The van der Waals surface area contributed by atoms with Crippen LogP contribution in [0, 0.1) is 5.92 Å². The lowest BCUT2D eigenvalue weighted by Gasteiger charge is -2.33. The Morgan fingerprint density at radius 3 is 2.92 bits per heavy atom. The molecule has 0 aliphatic carbocycles. The largest absolute Gasteiger partial charge is 0.393 e. The zero-order valence-corrected chi connectivity index (χ0v) is 7.57. The van der Waals surface area contributed by atoms with Gasteiger partial charge >= 0.3 is 0 Å². The maximum absolute atomic E-state index is 9.49. The zero-order valence-electron chi connectivity index (χ0n) is 7.57. The summed E-state index contributed by atoms with van der Waals surface area (Å²) in [5, 5.41) is 9.49. The predicted octanol–water partition coefficient (Wildman–Crippen LogP) is 0.0879. The number of rotatable bonds is 2. The Balaban J connectivity index is 1.76. The third kappa shape index (κ3) is 1.97. The van der Waals surface area contributed by atoms with E-state index in [0.717, 1.165) is 32.7 Å². The van der Waals surface area contributed by atoms with Crippen LogP contribution in [0.15, 0.2) is 0 Å². The lowest BCUT2D eigenvalue weighted by atomic mass is 9.97. The minimum Gasteiger partial charge on any atom is -0.393 e. The summed E-state index contributed by atoms with van der Waals surface area (Å²) >= 11 is 0. The summed E-state index contributed by atoms with van der Waals surface area (Å²) in [6, 6.07) is 0. The normalized spacial score (nSPS) is 43.0. The highest BCUT2D eigenvalue weighted by atomic mass is 16.6. The number of nitrogens with zero attached hydrogens (tertiary/aromatic N) is 1. The lowest BCUT2D eigenvalue weighted by molar-refractivity contribution is 0.0326. The molecule has 0 aromatic carbocycles. The molecule has 2 aliphatic heterocycles. The van der Waals surface area contributed by atoms with Gasteiger partial charge in [0.1, 0.15) is 0 Å². The van der Waals surface area contributed by atoms with Crippen LogP contribution in [-0.2, 0) is 4.74 Å². The van der Waals surface area contributed by atoms with E-state index in [2.05, 4.69) is 11.8 Å². The van der Waals surface area contributed by atoms with Gasteiger partial charge in [0.05, 0.1) is 18.8 Å². The van der Waals surface area contributed by atoms with Crippen molar-refractivity contribution in [1.82, 2.24) is 4.90 Å². The van der Waals surface area contributed by atoms with Crippen molar-refractivity contribution in [2.45, 2.75) is 25.6 Å². The van der Waals surface area contributed by atoms with Crippen molar-refractivity contribution < 1.29 is 9.84 Å². The van der Waals surface area contributed by atoms with Crippen LogP contribution in [0.5, 0.6) is 0 Å². The van der Waals surface area contributed by atoms with E-state index in [1.807, 2.05) is 0 Å². The predicted molar refractivity (Wildman–Crippen MR) is 46.0 cm³/mol. The third-order valence-electron chi connectivity index (χ3n) is 2.81. The van der Waals surface area contributed by atoms with E-state index >= 15 is 0 Å². The van der Waals surface area contributed by atoms with E-state index < -0.39 is 0 Å². The van der Waals surface area contributed by atoms with Crippen molar-refractivity contribution in [2.24, 2.45) is 5.92 Å². The van der Waals surface area contributed by atoms with Gasteiger partial charge in [-0.25, -0.2) is 0 Å². The number of epoxide rings is 1. The van der Waals surface area contributed by atoms with Crippen LogP contribution in [-0.4, -0.2) is 48.5 Å². The maximum atomic E-state index is 9.49. The standard InChI is InChI=1S/C9H17NO2/c1-7-4-10(3-2-9(7)11)5-8-6-12-8/h7-9,11H,2-6H2,1H3/t7?,8-,9?/m0/s1. The summed E-state index contributed by atoms with van der Waals surface area (Å²) in [6.45, 7) is 6.18. The zero-order chi connectivity index (χ0) is 8.55. The van der Waals surface area contributed by atoms with E-state index in [4.69, 9.17) is 4.74 Å². The molecule has 3 heteroatoms. The molecule has 2 fully saturated rings. The van der Waals surface area contributed by atoms with Crippen LogP contribution in [0.25, 0.3) is 0 Å². The highest BCUT2D eigenvalue weighted by Gasteiger charge is 2.30. The third-order valence-corrected chi connectivity index (χ3v) is 2.81. The van der Waals surface area contributed by atoms with Crippen LogP contribution >= 0.6 is 0 Å². The highest BCUT2D eigenvalue weighted by molar-refractivity contribution is 4.81. The molecule has 2 saturated heterocycles. The molecule has 0 saturated carbocycles. The van der Waals surface area contributed by atoms with E-state index in [0.29, 0.717) is 12.0 Å². The summed E-state index contributed by atoms with van der Waals surface area (Å²) in [7, 11) is 0. The Morgan fingerprint density at radius 2 is 2.33 bits per heavy atom. The van der Waals surface area contributed by atoms with Gasteiger partial charge in [0.15, 0.2) is 0 Å². The van der Waals surface area contributed by atoms with Crippen LogP contribution in [0.2, 0.25) is 0 Å². The van der Waals surface area contributed by atoms with Gasteiger partial charge in [-0.15, -0.1) is 0 Å². The first-order chi connectivity index (χ1) is 5.75. The Bertz CT molecular complexity index is 159. The molecule has 3 atom stereocenters. The molecule has 2 aliphatic rings. The van der Waals surface area contributed by atoms with Crippen LogP contribution in [0.3, 0.4) is 0 Å². The van der Waals surface area contributed by atoms with Crippen LogP contribution in [0.4, 0.5) is 0 Å². The molecule has 0 aromatic heterocycles. The van der Waals surface area contributed by atoms with Crippen molar-refractivity contribution in [2.75, 3.05) is 26.2 Å². The fourth-order valence-corrected chi connectivity index (χ4v) is 1.85. The molecule has 2 unspecified atom stereocenters. The van der Waals surface area contributed by atoms with Crippen molar-refractivity contribution in [3.63, 3.8) is 0 Å². The maximum Gasteiger partial charge on any atom is 0.0936 e. The Kier molecular flexibility index (Phi) is 2.35. The molecule has 0 amide bonds. The molecule has 70 valence electrons. The van der Waals surface area contributed by atoms with Gasteiger partial charge in [-0.2, -0.15) is 0 Å². The van der Waals surface area contributed by atoms with E-state index in [9.17, 15) is 5.11 Å². The second-order valence-corrected chi connectivity index (χ2v) is 4.05. The second kappa shape index (κ2) is 3.32. The average Bonchev–Trinajstić information content (AvgIpc) is 2.81. The van der Waals surface area contributed by atoms with Crippen LogP contribution < -0.4 is 0 Å². The molecule has 3 nitrogen and oxygen atoms in total. The number of hydrogen-bond acceptors (Lipinski definition) is 3. The molecule has 0 aromatic rings. The van der Waals surface area contributed by atoms with E-state index in [1.54, 1.807) is 0 Å². The molecule has 1 N–H and O–H groups in total. The van der Waals surface area contributed by atoms with Crippen molar-refractivity contribution in [3.8, 4) is 0 Å². The number of likely N-dealkylation sites (tertiary alicyclic amines) is 1. The first-order valence-electron chi connectivity index (χ1n) is 4.77. The van der Waals surface area contributed by atoms with Gasteiger partial charge in [-0.3, -0.25) is 0 Å². The van der Waals surface area contributed by atoms with Crippen LogP contribution in [0.1, 0.15) is 13.3 Å². The topological polar surface area (TPSA) is 36.0 Å². The Labute approximate surface area is 73.3 Å². The number of aliphatic hydroxyl groups is 1. The lowest BCUT2D eigenvalue weighted by Crippen LogP contribution is -2.43. The second-order valence-electron chi connectivity index (χ2n) is 4.05. The molecule has 2 rings (SSSR count). The molecular weight excluding hydrogens is 154 g/mol. The smallest absolute Gasteiger partial charge is 0.0936 e. The van der Waals surface area contributed by atoms with Gasteiger partial charge < -0.3 is 14.7 Å². The Hall–Kier alpha value is -0.120. The molecule has 0 spiro atoms. The van der Waals surface area contributed by atoms with Crippen molar-refractivity contribution in [3.05, 3.63) is 0 Å². The van der Waals surface area contributed by atoms with E-state index in [-0.39, 0.29) is 6.10 Å². The number of hydrogen-bond donors (Lipinski definition) is 1. The quantitative estimate of drug-likeness (QED) is 0.598. The average molecular weight is 171 g/mol. The number of aliphatic hydroxyl groups excluding tert-OH is 1. The molecular formula is C9H17NO2. The Morgan fingerprint density at radius 1 is 1.58 bits per heavy atom. The monoisotopic (exact) mass is 171 g/mol. The molecule has 0 bridgehead atoms. The summed E-state index contributed by atoms with van der Waals surface area (Å²) in [5.74, 6) is 0.428. The van der Waals surface area contributed by atoms with Gasteiger partial charge in [0.2, 0.25) is 0 Å². The SMILES string of the molecule is CC1CN(C[C@H]2CO2)CCC1O.